The first-order valence-corrected chi connectivity index (χ1v) is 7.46. The molecule has 0 saturated heterocycles. The zero-order valence-corrected chi connectivity index (χ0v) is 13.0. The standard InChI is InChI=1S/C16H24O5/c1-4-7-12-10-16(14(18)20-5-2,15(19)21-6-3)11-13(12)8-9-17/h4,7,9,12-13H,5-6,8,10-11H2,1-3H3/b7-4-. The first-order chi connectivity index (χ1) is 10.1. The monoisotopic (exact) mass is 296 g/mol. The normalized spacial score (nSPS) is 24.0. The molecule has 5 heteroatoms. The quantitative estimate of drug-likeness (QED) is 0.312. The molecule has 0 N–H and O–H groups in total. The highest BCUT2D eigenvalue weighted by molar-refractivity contribution is 6.00. The third kappa shape index (κ3) is 3.71. The minimum absolute atomic E-state index is 0.00834. The number of carbonyl (C=O) groups excluding carboxylic acids is 3. The zero-order valence-electron chi connectivity index (χ0n) is 13.0. The van der Waals surface area contributed by atoms with E-state index in [2.05, 4.69) is 0 Å². The molecular weight excluding hydrogens is 272 g/mol. The van der Waals surface area contributed by atoms with Crippen molar-refractivity contribution in [3.63, 3.8) is 0 Å². The maximum Gasteiger partial charge on any atom is 0.323 e. The lowest BCUT2D eigenvalue weighted by molar-refractivity contribution is -0.172. The summed E-state index contributed by atoms with van der Waals surface area (Å²) in [7, 11) is 0. The summed E-state index contributed by atoms with van der Waals surface area (Å²) in [4.78, 5) is 35.6. The van der Waals surface area contributed by atoms with Crippen molar-refractivity contribution in [3.05, 3.63) is 12.2 Å². The predicted octanol–water partition coefficient (Wildman–Crippen LogP) is 2.29. The van der Waals surface area contributed by atoms with Gasteiger partial charge in [-0.25, -0.2) is 0 Å². The summed E-state index contributed by atoms with van der Waals surface area (Å²) in [6, 6.07) is 0. The molecular formula is C16H24O5. The Bertz CT molecular complexity index is 395. The van der Waals surface area contributed by atoms with E-state index in [1.165, 1.54) is 0 Å². The molecule has 118 valence electrons. The lowest BCUT2D eigenvalue weighted by Gasteiger charge is -2.24. The van der Waals surface area contributed by atoms with Gasteiger partial charge in [0.25, 0.3) is 0 Å². The molecule has 0 radical (unpaired) electrons. The summed E-state index contributed by atoms with van der Waals surface area (Å²) >= 11 is 0. The summed E-state index contributed by atoms with van der Waals surface area (Å²) in [5.41, 5.74) is -1.27. The molecule has 0 bridgehead atoms. The largest absolute Gasteiger partial charge is 0.465 e. The first-order valence-electron chi connectivity index (χ1n) is 7.46. The molecule has 1 rings (SSSR count). The van der Waals surface area contributed by atoms with Crippen LogP contribution in [0.15, 0.2) is 12.2 Å². The number of hydrogen-bond donors (Lipinski definition) is 0. The fourth-order valence-corrected chi connectivity index (χ4v) is 3.06. The van der Waals surface area contributed by atoms with Crippen molar-refractivity contribution in [2.75, 3.05) is 13.2 Å². The number of esters is 2. The van der Waals surface area contributed by atoms with Crippen LogP contribution in [0, 0.1) is 17.3 Å². The van der Waals surface area contributed by atoms with Crippen LogP contribution in [-0.4, -0.2) is 31.4 Å². The molecule has 1 aliphatic rings. The second-order valence-corrected chi connectivity index (χ2v) is 5.28. The van der Waals surface area contributed by atoms with E-state index in [4.69, 9.17) is 9.47 Å². The molecule has 1 aliphatic carbocycles. The van der Waals surface area contributed by atoms with Crippen molar-refractivity contribution < 1.29 is 23.9 Å². The average Bonchev–Trinajstić information content (AvgIpc) is 2.81. The van der Waals surface area contributed by atoms with E-state index >= 15 is 0 Å². The van der Waals surface area contributed by atoms with Gasteiger partial charge in [0.1, 0.15) is 6.29 Å². The Morgan fingerprint density at radius 2 is 1.71 bits per heavy atom. The molecule has 21 heavy (non-hydrogen) atoms. The molecule has 0 aromatic rings. The van der Waals surface area contributed by atoms with Gasteiger partial charge in [-0.1, -0.05) is 12.2 Å². The van der Waals surface area contributed by atoms with Crippen LogP contribution in [0.25, 0.3) is 0 Å². The van der Waals surface area contributed by atoms with Crippen LogP contribution in [0.1, 0.15) is 40.0 Å². The van der Waals surface area contributed by atoms with E-state index in [0.717, 1.165) is 6.29 Å². The van der Waals surface area contributed by atoms with Crippen molar-refractivity contribution in [2.45, 2.75) is 40.0 Å². The van der Waals surface area contributed by atoms with Crippen LogP contribution < -0.4 is 0 Å². The van der Waals surface area contributed by atoms with E-state index < -0.39 is 17.4 Å². The number of allylic oxidation sites excluding steroid dienone is 2. The topological polar surface area (TPSA) is 69.7 Å². The van der Waals surface area contributed by atoms with Gasteiger partial charge in [0, 0.05) is 6.42 Å². The third-order valence-corrected chi connectivity index (χ3v) is 3.97. The highest BCUT2D eigenvalue weighted by Crippen LogP contribution is 2.49. The number of hydrogen-bond acceptors (Lipinski definition) is 5. The van der Waals surface area contributed by atoms with Crippen LogP contribution in [0.2, 0.25) is 0 Å². The van der Waals surface area contributed by atoms with E-state index in [1.807, 2.05) is 19.1 Å². The third-order valence-electron chi connectivity index (χ3n) is 3.97. The highest BCUT2D eigenvalue weighted by Gasteiger charge is 2.56. The molecule has 0 spiro atoms. The van der Waals surface area contributed by atoms with Crippen LogP contribution in [0.5, 0.6) is 0 Å². The first kappa shape index (κ1) is 17.4. The molecule has 2 unspecified atom stereocenters. The Morgan fingerprint density at radius 1 is 1.14 bits per heavy atom. The van der Waals surface area contributed by atoms with Crippen molar-refractivity contribution in [1.82, 2.24) is 0 Å². The van der Waals surface area contributed by atoms with Gasteiger partial charge in [0.15, 0.2) is 5.41 Å². The number of rotatable bonds is 7. The van der Waals surface area contributed by atoms with Gasteiger partial charge in [0.05, 0.1) is 13.2 Å². The number of aldehydes is 1. The van der Waals surface area contributed by atoms with Gasteiger partial charge >= 0.3 is 11.9 Å². The Kier molecular flexibility index (Phi) is 6.59. The van der Waals surface area contributed by atoms with Gasteiger partial charge in [-0.15, -0.1) is 0 Å². The second kappa shape index (κ2) is 7.96. The molecule has 0 aliphatic heterocycles. The molecule has 0 amide bonds. The smallest absolute Gasteiger partial charge is 0.323 e. The lowest BCUT2D eigenvalue weighted by Crippen LogP contribution is -2.40. The zero-order chi connectivity index (χ0) is 15.9. The van der Waals surface area contributed by atoms with Crippen molar-refractivity contribution in [1.29, 1.82) is 0 Å². The van der Waals surface area contributed by atoms with E-state index in [9.17, 15) is 14.4 Å². The minimum Gasteiger partial charge on any atom is -0.465 e. The maximum absolute atomic E-state index is 12.3. The van der Waals surface area contributed by atoms with Crippen LogP contribution in [0.3, 0.4) is 0 Å². The summed E-state index contributed by atoms with van der Waals surface area (Å²) in [6.07, 6.45) is 5.65. The summed E-state index contributed by atoms with van der Waals surface area (Å²) in [6.45, 7) is 5.72. The predicted molar refractivity (Wildman–Crippen MR) is 77.4 cm³/mol. The Hall–Kier alpha value is -1.65. The minimum atomic E-state index is -1.27. The fraction of sp³-hybridized carbons (Fsp3) is 0.688. The number of carbonyl (C=O) groups is 3. The molecule has 0 aromatic carbocycles. The Labute approximate surface area is 125 Å². The van der Waals surface area contributed by atoms with Crippen molar-refractivity contribution in [2.24, 2.45) is 17.3 Å². The van der Waals surface area contributed by atoms with Crippen molar-refractivity contribution in [3.8, 4) is 0 Å². The maximum atomic E-state index is 12.3. The lowest BCUT2D eigenvalue weighted by atomic mass is 9.84. The Morgan fingerprint density at radius 3 is 2.14 bits per heavy atom. The van der Waals surface area contributed by atoms with E-state index in [1.54, 1.807) is 13.8 Å². The Balaban J connectivity index is 3.10. The van der Waals surface area contributed by atoms with Crippen LogP contribution in [-0.2, 0) is 23.9 Å². The van der Waals surface area contributed by atoms with E-state index in [-0.39, 0.29) is 25.0 Å². The molecule has 0 aromatic heterocycles. The van der Waals surface area contributed by atoms with Crippen LogP contribution in [0.4, 0.5) is 0 Å². The molecule has 0 heterocycles. The second-order valence-electron chi connectivity index (χ2n) is 5.28. The van der Waals surface area contributed by atoms with E-state index in [0.29, 0.717) is 19.3 Å². The molecule has 1 fully saturated rings. The molecule has 5 nitrogen and oxygen atoms in total. The SMILES string of the molecule is C/C=C\C1CC(C(=O)OCC)(C(=O)OCC)CC1CC=O. The fourth-order valence-electron chi connectivity index (χ4n) is 3.06. The van der Waals surface area contributed by atoms with Crippen molar-refractivity contribution >= 4 is 18.2 Å². The summed E-state index contributed by atoms with van der Waals surface area (Å²) < 4.78 is 10.2. The van der Waals surface area contributed by atoms with Gasteiger partial charge < -0.3 is 14.3 Å². The van der Waals surface area contributed by atoms with Gasteiger partial charge in [-0.2, -0.15) is 0 Å². The molecule has 1 saturated carbocycles. The average molecular weight is 296 g/mol. The van der Waals surface area contributed by atoms with Crippen LogP contribution >= 0.6 is 0 Å². The number of ether oxygens (including phenoxy) is 2. The van der Waals surface area contributed by atoms with Gasteiger partial charge in [-0.3, -0.25) is 9.59 Å². The highest BCUT2D eigenvalue weighted by atomic mass is 16.6. The van der Waals surface area contributed by atoms with Gasteiger partial charge in [0.2, 0.25) is 0 Å². The summed E-state index contributed by atoms with van der Waals surface area (Å²) in [5, 5.41) is 0. The molecule has 2 atom stereocenters. The van der Waals surface area contributed by atoms with Gasteiger partial charge in [-0.05, 0) is 45.4 Å². The summed E-state index contributed by atoms with van der Waals surface area (Å²) in [5.74, 6) is -1.10.